The van der Waals surface area contributed by atoms with E-state index in [1.165, 1.54) is 4.90 Å². The molecule has 0 bridgehead atoms. The topological polar surface area (TPSA) is 45.2 Å². The van der Waals surface area contributed by atoms with Gasteiger partial charge in [-0.25, -0.2) is 4.98 Å². The normalized spacial score (nSPS) is 13.4. The van der Waals surface area contributed by atoms with Crippen LogP contribution in [0.4, 0.5) is 13.2 Å². The lowest BCUT2D eigenvalue weighted by Gasteiger charge is -2.16. The summed E-state index contributed by atoms with van der Waals surface area (Å²) in [5, 5.41) is 4.26. The molecule has 1 aromatic rings. The Balaban J connectivity index is 2.70. The van der Waals surface area contributed by atoms with Crippen molar-refractivity contribution in [1.29, 1.82) is 0 Å². The minimum absolute atomic E-state index is 0.0758. The van der Waals surface area contributed by atoms with Crippen LogP contribution in [0.15, 0.2) is 5.38 Å². The lowest BCUT2D eigenvalue weighted by atomic mass is 10.2. The van der Waals surface area contributed by atoms with Gasteiger partial charge < -0.3 is 4.90 Å². The van der Waals surface area contributed by atoms with Crippen LogP contribution in [0.2, 0.25) is 0 Å². The van der Waals surface area contributed by atoms with E-state index in [4.69, 9.17) is 0 Å². The minimum Gasteiger partial charge on any atom is -0.348 e. The van der Waals surface area contributed by atoms with Crippen LogP contribution in [0.3, 0.4) is 0 Å². The van der Waals surface area contributed by atoms with Gasteiger partial charge in [0, 0.05) is 19.5 Å². The Morgan fingerprint density at radius 1 is 1.53 bits per heavy atom. The van der Waals surface area contributed by atoms with Crippen LogP contribution in [0, 0.1) is 0 Å². The number of likely N-dealkylation sites (N-methyl/N-ethyl adjacent to an activating group) is 1. The summed E-state index contributed by atoms with van der Waals surface area (Å²) in [5.41, 5.74) is -0.883. The number of hydrogen-bond acceptors (Lipinski definition) is 4. The SMILES string of the molecule is CC[C@@H](NCC(=O)N(C)C)c1nc(C(F)(F)F)cs1. The summed E-state index contributed by atoms with van der Waals surface area (Å²) in [4.78, 5) is 16.4. The molecule has 1 rings (SSSR count). The molecule has 0 fully saturated rings. The average molecular weight is 295 g/mol. The van der Waals surface area contributed by atoms with Crippen LogP contribution in [-0.2, 0) is 11.0 Å². The molecule has 108 valence electrons. The fourth-order valence-electron chi connectivity index (χ4n) is 1.35. The zero-order valence-corrected chi connectivity index (χ0v) is 11.7. The van der Waals surface area contributed by atoms with E-state index in [2.05, 4.69) is 10.3 Å². The van der Waals surface area contributed by atoms with Crippen molar-refractivity contribution >= 4 is 17.2 Å². The predicted molar refractivity (Wildman–Crippen MR) is 66.8 cm³/mol. The molecule has 1 heterocycles. The van der Waals surface area contributed by atoms with Gasteiger partial charge >= 0.3 is 6.18 Å². The monoisotopic (exact) mass is 295 g/mol. The van der Waals surface area contributed by atoms with E-state index in [9.17, 15) is 18.0 Å². The van der Waals surface area contributed by atoms with Gasteiger partial charge in [0.25, 0.3) is 0 Å². The van der Waals surface area contributed by atoms with Gasteiger partial charge in [-0.05, 0) is 6.42 Å². The van der Waals surface area contributed by atoms with Crippen molar-refractivity contribution in [2.75, 3.05) is 20.6 Å². The number of amides is 1. The second-order valence-corrected chi connectivity index (χ2v) is 5.09. The van der Waals surface area contributed by atoms with E-state index in [1.54, 1.807) is 14.1 Å². The smallest absolute Gasteiger partial charge is 0.348 e. The number of nitrogens with zero attached hydrogens (tertiary/aromatic N) is 2. The number of halogens is 3. The predicted octanol–water partition coefficient (Wildman–Crippen LogP) is 2.29. The van der Waals surface area contributed by atoms with Crippen molar-refractivity contribution in [2.24, 2.45) is 0 Å². The maximum absolute atomic E-state index is 12.5. The standard InChI is InChI=1S/C11H16F3N3OS/c1-4-7(15-5-9(18)17(2)3)10-16-8(6-19-10)11(12,13)14/h6-7,15H,4-5H2,1-3H3/t7-/m1/s1. The molecular weight excluding hydrogens is 279 g/mol. The van der Waals surface area contributed by atoms with Gasteiger partial charge in [0.2, 0.25) is 5.91 Å². The number of carbonyl (C=O) groups is 1. The van der Waals surface area contributed by atoms with Crippen LogP contribution in [0.5, 0.6) is 0 Å². The number of hydrogen-bond donors (Lipinski definition) is 1. The summed E-state index contributed by atoms with van der Waals surface area (Å²) in [5.74, 6) is -0.133. The Kier molecular flexibility index (Phi) is 5.30. The Morgan fingerprint density at radius 3 is 2.58 bits per heavy atom. The highest BCUT2D eigenvalue weighted by atomic mass is 32.1. The maximum Gasteiger partial charge on any atom is 0.434 e. The molecule has 19 heavy (non-hydrogen) atoms. The van der Waals surface area contributed by atoms with Crippen LogP contribution in [0.1, 0.15) is 30.1 Å². The first-order chi connectivity index (χ1) is 8.75. The van der Waals surface area contributed by atoms with Gasteiger partial charge in [-0.1, -0.05) is 6.92 Å². The summed E-state index contributed by atoms with van der Waals surface area (Å²) in [6, 6.07) is -0.343. The lowest BCUT2D eigenvalue weighted by molar-refractivity contribution is -0.140. The van der Waals surface area contributed by atoms with Crippen molar-refractivity contribution in [1.82, 2.24) is 15.2 Å². The van der Waals surface area contributed by atoms with Gasteiger partial charge in [-0.15, -0.1) is 11.3 Å². The second kappa shape index (κ2) is 6.33. The van der Waals surface area contributed by atoms with Crippen LogP contribution in [0.25, 0.3) is 0 Å². The maximum atomic E-state index is 12.5. The Labute approximate surface area is 113 Å². The van der Waals surface area contributed by atoms with Crippen LogP contribution < -0.4 is 5.32 Å². The molecule has 1 amide bonds. The molecular formula is C11H16F3N3OS. The highest BCUT2D eigenvalue weighted by Gasteiger charge is 2.34. The molecule has 0 unspecified atom stereocenters. The quantitative estimate of drug-likeness (QED) is 0.906. The zero-order valence-electron chi connectivity index (χ0n) is 10.9. The van der Waals surface area contributed by atoms with Gasteiger partial charge in [-0.3, -0.25) is 10.1 Å². The molecule has 0 saturated carbocycles. The molecule has 0 saturated heterocycles. The summed E-state index contributed by atoms with van der Waals surface area (Å²) in [7, 11) is 3.24. The third-order valence-electron chi connectivity index (χ3n) is 2.52. The van der Waals surface area contributed by atoms with E-state index < -0.39 is 11.9 Å². The highest BCUT2D eigenvalue weighted by molar-refractivity contribution is 7.09. The first-order valence-electron chi connectivity index (χ1n) is 5.71. The van der Waals surface area contributed by atoms with E-state index in [-0.39, 0.29) is 18.5 Å². The first-order valence-corrected chi connectivity index (χ1v) is 6.59. The number of rotatable bonds is 5. The molecule has 8 heteroatoms. The molecule has 1 aromatic heterocycles. The van der Waals surface area contributed by atoms with Crippen molar-refractivity contribution in [3.63, 3.8) is 0 Å². The van der Waals surface area contributed by atoms with Gasteiger partial charge in [0.15, 0.2) is 5.69 Å². The van der Waals surface area contributed by atoms with Gasteiger partial charge in [0.05, 0.1) is 12.6 Å². The van der Waals surface area contributed by atoms with Crippen molar-refractivity contribution in [3.8, 4) is 0 Å². The summed E-state index contributed by atoms with van der Waals surface area (Å²) >= 11 is 0.951. The highest BCUT2D eigenvalue weighted by Crippen LogP contribution is 2.32. The molecule has 0 radical (unpaired) electrons. The third-order valence-corrected chi connectivity index (χ3v) is 3.48. The molecule has 0 spiro atoms. The number of nitrogens with one attached hydrogen (secondary N) is 1. The van der Waals surface area contributed by atoms with E-state index in [0.29, 0.717) is 11.4 Å². The fourth-order valence-corrected chi connectivity index (χ4v) is 2.34. The van der Waals surface area contributed by atoms with Crippen molar-refractivity contribution in [3.05, 3.63) is 16.1 Å². The Hall–Kier alpha value is -1.15. The first kappa shape index (κ1) is 15.9. The Bertz CT molecular complexity index is 431. The summed E-state index contributed by atoms with van der Waals surface area (Å²) in [6.45, 7) is 1.90. The van der Waals surface area contributed by atoms with Crippen LogP contribution >= 0.6 is 11.3 Å². The molecule has 0 aliphatic rings. The molecule has 1 N–H and O–H groups in total. The number of thiazole rings is 1. The molecule has 0 aliphatic heterocycles. The summed E-state index contributed by atoms with van der Waals surface area (Å²) in [6.07, 6.45) is -3.86. The molecule has 1 atom stereocenters. The minimum atomic E-state index is -4.42. The molecule has 4 nitrogen and oxygen atoms in total. The molecule has 0 aliphatic carbocycles. The van der Waals surface area contributed by atoms with E-state index in [1.807, 2.05) is 6.92 Å². The zero-order chi connectivity index (χ0) is 14.6. The van der Waals surface area contributed by atoms with E-state index >= 15 is 0 Å². The number of alkyl halides is 3. The second-order valence-electron chi connectivity index (χ2n) is 4.20. The Morgan fingerprint density at radius 2 is 2.16 bits per heavy atom. The molecule has 0 aromatic carbocycles. The fraction of sp³-hybridized carbons (Fsp3) is 0.636. The lowest BCUT2D eigenvalue weighted by Crippen LogP contribution is -2.34. The number of carbonyl (C=O) groups excluding carboxylic acids is 1. The van der Waals surface area contributed by atoms with Crippen LogP contribution in [-0.4, -0.2) is 36.4 Å². The van der Waals surface area contributed by atoms with E-state index in [0.717, 1.165) is 16.7 Å². The average Bonchev–Trinajstić information content (AvgIpc) is 2.78. The van der Waals surface area contributed by atoms with Gasteiger partial charge in [0.1, 0.15) is 5.01 Å². The summed E-state index contributed by atoms with van der Waals surface area (Å²) < 4.78 is 37.4. The van der Waals surface area contributed by atoms with Crippen molar-refractivity contribution in [2.45, 2.75) is 25.6 Å². The third kappa shape index (κ3) is 4.46. The largest absolute Gasteiger partial charge is 0.434 e. The number of aromatic nitrogens is 1. The van der Waals surface area contributed by atoms with Crippen molar-refractivity contribution < 1.29 is 18.0 Å². The van der Waals surface area contributed by atoms with Gasteiger partial charge in [-0.2, -0.15) is 13.2 Å².